The fourth-order valence-corrected chi connectivity index (χ4v) is 2.97. The van der Waals surface area contributed by atoms with Gasteiger partial charge >= 0.3 is 0 Å². The third-order valence-corrected chi connectivity index (χ3v) is 4.47. The smallest absolute Gasteiger partial charge is 0.191 e. The number of aromatic nitrogens is 3. The molecule has 0 aliphatic heterocycles. The summed E-state index contributed by atoms with van der Waals surface area (Å²) in [6.45, 7) is 0. The van der Waals surface area contributed by atoms with Gasteiger partial charge in [0.2, 0.25) is 0 Å². The van der Waals surface area contributed by atoms with Crippen LogP contribution < -0.4 is 0 Å². The number of hydrogen-bond acceptors (Lipinski definition) is 4. The Morgan fingerprint density at radius 2 is 1.79 bits per heavy atom. The van der Waals surface area contributed by atoms with E-state index in [1.807, 2.05) is 0 Å². The van der Waals surface area contributed by atoms with E-state index in [1.54, 1.807) is 29.8 Å². The first-order valence-electron chi connectivity index (χ1n) is 7.12. The fraction of sp³-hybridized carbons (Fsp3) is 0.118. The van der Waals surface area contributed by atoms with Gasteiger partial charge in [-0.1, -0.05) is 23.9 Å². The zero-order chi connectivity index (χ0) is 17.1. The van der Waals surface area contributed by atoms with Gasteiger partial charge in [0.15, 0.2) is 16.8 Å². The molecule has 0 atom stereocenters. The number of hydrogen-bond donors (Lipinski definition) is 0. The number of Topliss-reactive ketones (excluding diaryl/α,β-unsaturated/α-hetero) is 1. The molecule has 0 N–H and O–H groups in total. The van der Waals surface area contributed by atoms with Gasteiger partial charge in [-0.15, -0.1) is 10.2 Å². The minimum absolute atomic E-state index is 0.134. The number of thioether (sulfide) groups is 1. The minimum Gasteiger partial charge on any atom is -0.305 e. The topological polar surface area (TPSA) is 47.8 Å². The monoisotopic (exact) mass is 345 g/mol. The van der Waals surface area contributed by atoms with Gasteiger partial charge in [0.25, 0.3) is 0 Å². The Balaban J connectivity index is 1.74. The molecule has 0 aliphatic carbocycles. The van der Waals surface area contributed by atoms with E-state index in [0.717, 1.165) is 0 Å². The molecular weight excluding hydrogens is 332 g/mol. The summed E-state index contributed by atoms with van der Waals surface area (Å²) in [5.74, 6) is -0.385. The van der Waals surface area contributed by atoms with Gasteiger partial charge < -0.3 is 4.57 Å². The predicted molar refractivity (Wildman–Crippen MR) is 87.9 cm³/mol. The van der Waals surface area contributed by atoms with Crippen LogP contribution in [-0.4, -0.2) is 26.3 Å². The molecule has 0 radical (unpaired) electrons. The molecule has 2 aromatic carbocycles. The van der Waals surface area contributed by atoms with Gasteiger partial charge in [-0.2, -0.15) is 0 Å². The number of benzene rings is 2. The van der Waals surface area contributed by atoms with E-state index in [-0.39, 0.29) is 23.2 Å². The number of halogens is 2. The maximum absolute atomic E-state index is 13.9. The highest BCUT2D eigenvalue weighted by atomic mass is 32.2. The van der Waals surface area contributed by atoms with Crippen LogP contribution in [0.1, 0.15) is 10.4 Å². The maximum Gasteiger partial charge on any atom is 0.191 e. The lowest BCUT2D eigenvalue weighted by molar-refractivity contribution is 0.102. The maximum atomic E-state index is 13.9. The van der Waals surface area contributed by atoms with Gasteiger partial charge in [-0.05, 0) is 36.4 Å². The van der Waals surface area contributed by atoms with Crippen molar-refractivity contribution in [2.75, 3.05) is 5.75 Å². The highest BCUT2D eigenvalue weighted by Gasteiger charge is 2.16. The summed E-state index contributed by atoms with van der Waals surface area (Å²) < 4.78 is 28.4. The Hall–Kier alpha value is -2.54. The Morgan fingerprint density at radius 1 is 1.08 bits per heavy atom. The third kappa shape index (κ3) is 3.35. The quantitative estimate of drug-likeness (QED) is 0.522. The van der Waals surface area contributed by atoms with Gasteiger partial charge in [0.05, 0.1) is 11.3 Å². The van der Waals surface area contributed by atoms with E-state index in [1.165, 1.54) is 42.1 Å². The van der Waals surface area contributed by atoms with Gasteiger partial charge in [0.1, 0.15) is 11.6 Å². The number of carbonyl (C=O) groups is 1. The first-order chi connectivity index (χ1) is 11.6. The number of nitrogens with zero attached hydrogens (tertiary/aromatic N) is 3. The molecule has 1 heterocycles. The molecule has 3 aromatic rings. The molecule has 4 nitrogen and oxygen atoms in total. The summed E-state index contributed by atoms with van der Waals surface area (Å²) in [5, 5.41) is 8.51. The van der Waals surface area contributed by atoms with Gasteiger partial charge in [0, 0.05) is 12.6 Å². The SMILES string of the molecule is Cn1c(SCC(=O)c2ccc(F)cc2)nnc1-c1ccccc1F. The molecule has 122 valence electrons. The summed E-state index contributed by atoms with van der Waals surface area (Å²) in [7, 11) is 1.71. The van der Waals surface area contributed by atoms with E-state index in [2.05, 4.69) is 10.2 Å². The second kappa shape index (κ2) is 6.92. The highest BCUT2D eigenvalue weighted by molar-refractivity contribution is 7.99. The van der Waals surface area contributed by atoms with Crippen molar-refractivity contribution in [3.63, 3.8) is 0 Å². The first kappa shape index (κ1) is 16.3. The molecule has 3 rings (SSSR count). The average molecular weight is 345 g/mol. The average Bonchev–Trinajstić information content (AvgIpc) is 2.94. The normalized spacial score (nSPS) is 10.8. The van der Waals surface area contributed by atoms with E-state index >= 15 is 0 Å². The largest absolute Gasteiger partial charge is 0.305 e. The van der Waals surface area contributed by atoms with Crippen molar-refractivity contribution in [1.29, 1.82) is 0 Å². The lowest BCUT2D eigenvalue weighted by atomic mass is 10.1. The second-order valence-electron chi connectivity index (χ2n) is 5.06. The summed E-state index contributed by atoms with van der Waals surface area (Å²) in [6.07, 6.45) is 0. The molecular formula is C17H13F2N3OS. The molecule has 0 saturated heterocycles. The van der Waals surface area contributed by atoms with Crippen molar-refractivity contribution in [3.8, 4) is 11.4 Å². The molecule has 0 aliphatic rings. The Morgan fingerprint density at radius 3 is 2.50 bits per heavy atom. The zero-order valence-electron chi connectivity index (χ0n) is 12.7. The van der Waals surface area contributed by atoms with Crippen LogP contribution >= 0.6 is 11.8 Å². The van der Waals surface area contributed by atoms with Crippen LogP contribution in [0.15, 0.2) is 53.7 Å². The van der Waals surface area contributed by atoms with Crippen LogP contribution in [0.2, 0.25) is 0 Å². The van der Waals surface area contributed by atoms with Crippen molar-refractivity contribution >= 4 is 17.5 Å². The van der Waals surface area contributed by atoms with E-state index in [4.69, 9.17) is 0 Å². The molecule has 7 heteroatoms. The van der Waals surface area contributed by atoms with Crippen LogP contribution in [0.3, 0.4) is 0 Å². The summed E-state index contributed by atoms with van der Waals surface area (Å²) in [5.41, 5.74) is 0.782. The number of carbonyl (C=O) groups excluding carboxylic acids is 1. The van der Waals surface area contributed by atoms with Crippen molar-refractivity contribution in [1.82, 2.24) is 14.8 Å². The lowest BCUT2D eigenvalue weighted by Crippen LogP contribution is -2.04. The Kier molecular flexibility index (Phi) is 4.71. The molecule has 1 aromatic heterocycles. The third-order valence-electron chi connectivity index (χ3n) is 3.45. The Labute approximate surface area is 141 Å². The van der Waals surface area contributed by atoms with Crippen molar-refractivity contribution in [3.05, 3.63) is 65.7 Å². The number of ketones is 1. The summed E-state index contributed by atoms with van der Waals surface area (Å²) in [4.78, 5) is 12.1. The van der Waals surface area contributed by atoms with Gasteiger partial charge in [-0.25, -0.2) is 8.78 Å². The standard InChI is InChI=1S/C17H13F2N3OS/c1-22-16(13-4-2-3-5-14(13)19)20-21-17(22)24-10-15(23)11-6-8-12(18)9-7-11/h2-9H,10H2,1H3. The minimum atomic E-state index is -0.387. The van der Waals surface area contributed by atoms with Crippen LogP contribution in [0.5, 0.6) is 0 Å². The van der Waals surface area contributed by atoms with Crippen LogP contribution in [-0.2, 0) is 7.05 Å². The van der Waals surface area contributed by atoms with E-state index < -0.39 is 0 Å². The predicted octanol–water partition coefficient (Wildman–Crippen LogP) is 3.74. The number of rotatable bonds is 5. The second-order valence-corrected chi connectivity index (χ2v) is 6.01. The fourth-order valence-electron chi connectivity index (χ4n) is 2.17. The highest BCUT2D eigenvalue weighted by Crippen LogP contribution is 2.25. The molecule has 0 amide bonds. The zero-order valence-corrected chi connectivity index (χ0v) is 13.6. The van der Waals surface area contributed by atoms with E-state index in [0.29, 0.717) is 22.1 Å². The van der Waals surface area contributed by atoms with Crippen molar-refractivity contribution in [2.24, 2.45) is 7.05 Å². The van der Waals surface area contributed by atoms with Crippen LogP contribution in [0, 0.1) is 11.6 Å². The molecule has 0 unspecified atom stereocenters. The Bertz CT molecular complexity index is 878. The first-order valence-corrected chi connectivity index (χ1v) is 8.10. The molecule has 0 bridgehead atoms. The lowest BCUT2D eigenvalue weighted by Gasteiger charge is -2.04. The van der Waals surface area contributed by atoms with Crippen LogP contribution in [0.4, 0.5) is 8.78 Å². The van der Waals surface area contributed by atoms with Crippen molar-refractivity contribution < 1.29 is 13.6 Å². The molecule has 24 heavy (non-hydrogen) atoms. The van der Waals surface area contributed by atoms with Crippen LogP contribution in [0.25, 0.3) is 11.4 Å². The molecule has 0 saturated carbocycles. The van der Waals surface area contributed by atoms with Crippen molar-refractivity contribution in [2.45, 2.75) is 5.16 Å². The summed E-state index contributed by atoms with van der Waals surface area (Å²) >= 11 is 1.20. The molecule has 0 fully saturated rings. The van der Waals surface area contributed by atoms with Gasteiger partial charge in [-0.3, -0.25) is 4.79 Å². The van der Waals surface area contributed by atoms with E-state index in [9.17, 15) is 13.6 Å². The summed E-state index contributed by atoms with van der Waals surface area (Å²) in [6, 6.07) is 11.7. The molecule has 0 spiro atoms.